The lowest BCUT2D eigenvalue weighted by molar-refractivity contribution is -0.135. The number of esters is 1. The molecule has 0 heterocycles. The molecule has 0 saturated carbocycles. The van der Waals surface area contributed by atoms with Crippen LogP contribution in [0.15, 0.2) is 54.6 Å². The van der Waals surface area contributed by atoms with Gasteiger partial charge in [0.1, 0.15) is 5.75 Å². The summed E-state index contributed by atoms with van der Waals surface area (Å²) < 4.78 is 5.34. The molecule has 0 fully saturated rings. The largest absolute Gasteiger partial charge is 0.427 e. The van der Waals surface area contributed by atoms with Crippen LogP contribution >= 0.6 is 0 Å². The highest BCUT2D eigenvalue weighted by atomic mass is 16.5. The smallest absolute Gasteiger partial charge is 0.311 e. The first kappa shape index (κ1) is 14.3. The van der Waals surface area contributed by atoms with Crippen molar-refractivity contribution in [1.29, 1.82) is 0 Å². The summed E-state index contributed by atoms with van der Waals surface area (Å²) in [6.45, 7) is 4.13. The van der Waals surface area contributed by atoms with E-state index in [-0.39, 0.29) is 5.97 Å². The highest BCUT2D eigenvalue weighted by Crippen LogP contribution is 2.22. The average molecular weight is 268 g/mol. The third-order valence-electron chi connectivity index (χ3n) is 3.41. The van der Waals surface area contributed by atoms with Gasteiger partial charge in [0.05, 0.1) is 0 Å². The zero-order valence-electron chi connectivity index (χ0n) is 12.0. The molecule has 20 heavy (non-hydrogen) atoms. The number of ether oxygens (including phenoxy) is 1. The lowest BCUT2D eigenvalue weighted by Crippen LogP contribution is -2.11. The third kappa shape index (κ3) is 3.95. The van der Waals surface area contributed by atoms with Gasteiger partial charge >= 0.3 is 5.97 Å². The van der Waals surface area contributed by atoms with E-state index in [1.807, 2.05) is 42.5 Å². The van der Waals surface area contributed by atoms with Gasteiger partial charge in [0.15, 0.2) is 0 Å². The standard InChI is InChI=1S/C18H20O2/c1-3-14(2)13-18(19)20-17-11-9-16(10-12-17)15-7-5-4-6-8-15/h4-12,14H,3,13H2,1-2H3/t14-/m0/s1. The molecule has 2 heteroatoms. The van der Waals surface area contributed by atoms with Crippen LogP contribution in [0, 0.1) is 5.92 Å². The van der Waals surface area contributed by atoms with Crippen molar-refractivity contribution in [3.8, 4) is 16.9 Å². The number of hydrogen-bond donors (Lipinski definition) is 0. The first-order chi connectivity index (χ1) is 9.69. The van der Waals surface area contributed by atoms with Crippen LogP contribution in [0.5, 0.6) is 5.75 Å². The topological polar surface area (TPSA) is 26.3 Å². The maximum Gasteiger partial charge on any atom is 0.311 e. The Morgan fingerprint density at radius 1 is 1.00 bits per heavy atom. The fraction of sp³-hybridized carbons (Fsp3) is 0.278. The first-order valence-electron chi connectivity index (χ1n) is 7.05. The third-order valence-corrected chi connectivity index (χ3v) is 3.41. The van der Waals surface area contributed by atoms with Crippen molar-refractivity contribution in [3.05, 3.63) is 54.6 Å². The minimum absolute atomic E-state index is 0.160. The van der Waals surface area contributed by atoms with E-state index in [4.69, 9.17) is 4.74 Å². The van der Waals surface area contributed by atoms with Gasteiger partial charge in [0.2, 0.25) is 0 Å². The Hall–Kier alpha value is -2.09. The Bertz CT molecular complexity index is 543. The highest BCUT2D eigenvalue weighted by Gasteiger charge is 2.09. The van der Waals surface area contributed by atoms with Crippen molar-refractivity contribution < 1.29 is 9.53 Å². The second-order valence-corrected chi connectivity index (χ2v) is 5.08. The van der Waals surface area contributed by atoms with E-state index < -0.39 is 0 Å². The van der Waals surface area contributed by atoms with Gasteiger partial charge < -0.3 is 4.74 Å². The average Bonchev–Trinajstić information content (AvgIpc) is 2.48. The summed E-state index contributed by atoms with van der Waals surface area (Å²) in [5.74, 6) is 0.816. The van der Waals surface area contributed by atoms with Gasteiger partial charge in [-0.1, -0.05) is 62.7 Å². The van der Waals surface area contributed by atoms with Gasteiger partial charge in [0, 0.05) is 6.42 Å². The Morgan fingerprint density at radius 3 is 2.20 bits per heavy atom. The number of hydrogen-bond acceptors (Lipinski definition) is 2. The monoisotopic (exact) mass is 268 g/mol. The predicted octanol–water partition coefficient (Wildman–Crippen LogP) is 4.70. The van der Waals surface area contributed by atoms with Crippen molar-refractivity contribution in [1.82, 2.24) is 0 Å². The van der Waals surface area contributed by atoms with Crippen LogP contribution in [-0.2, 0) is 4.79 Å². The van der Waals surface area contributed by atoms with Crippen molar-refractivity contribution in [2.45, 2.75) is 26.7 Å². The molecule has 0 aliphatic rings. The predicted molar refractivity (Wildman–Crippen MR) is 81.6 cm³/mol. The second kappa shape index (κ2) is 6.90. The van der Waals surface area contributed by atoms with E-state index in [1.54, 1.807) is 0 Å². The molecule has 1 atom stereocenters. The maximum absolute atomic E-state index is 11.7. The van der Waals surface area contributed by atoms with Gasteiger partial charge in [-0.25, -0.2) is 0 Å². The van der Waals surface area contributed by atoms with E-state index >= 15 is 0 Å². The molecule has 0 aliphatic carbocycles. The lowest BCUT2D eigenvalue weighted by atomic mass is 10.1. The van der Waals surface area contributed by atoms with Gasteiger partial charge in [0.25, 0.3) is 0 Å². The number of carbonyl (C=O) groups excluding carboxylic acids is 1. The Morgan fingerprint density at radius 2 is 1.60 bits per heavy atom. The number of benzene rings is 2. The quantitative estimate of drug-likeness (QED) is 0.580. The molecule has 0 N–H and O–H groups in total. The molecule has 2 aromatic rings. The molecule has 2 nitrogen and oxygen atoms in total. The molecular formula is C18H20O2. The van der Waals surface area contributed by atoms with Crippen LogP contribution in [0.4, 0.5) is 0 Å². The van der Waals surface area contributed by atoms with Gasteiger partial charge in [-0.2, -0.15) is 0 Å². The normalized spacial score (nSPS) is 11.9. The molecule has 0 spiro atoms. The molecule has 0 bridgehead atoms. The van der Waals surface area contributed by atoms with Crippen molar-refractivity contribution in [2.24, 2.45) is 5.92 Å². The van der Waals surface area contributed by atoms with E-state index in [0.29, 0.717) is 18.1 Å². The van der Waals surface area contributed by atoms with Gasteiger partial charge in [-0.05, 0) is 29.2 Å². The summed E-state index contributed by atoms with van der Waals surface area (Å²) in [6.07, 6.45) is 1.46. The van der Waals surface area contributed by atoms with Crippen molar-refractivity contribution in [3.63, 3.8) is 0 Å². The van der Waals surface area contributed by atoms with Crippen molar-refractivity contribution in [2.75, 3.05) is 0 Å². The second-order valence-electron chi connectivity index (χ2n) is 5.08. The summed E-state index contributed by atoms with van der Waals surface area (Å²) in [7, 11) is 0. The van der Waals surface area contributed by atoms with Crippen LogP contribution in [0.25, 0.3) is 11.1 Å². The van der Waals surface area contributed by atoms with Crippen LogP contribution in [0.2, 0.25) is 0 Å². The molecular weight excluding hydrogens is 248 g/mol. The zero-order valence-corrected chi connectivity index (χ0v) is 12.0. The lowest BCUT2D eigenvalue weighted by Gasteiger charge is -2.09. The van der Waals surface area contributed by atoms with E-state index in [9.17, 15) is 4.79 Å². The number of carbonyl (C=O) groups is 1. The molecule has 2 aromatic carbocycles. The SMILES string of the molecule is CC[C@H](C)CC(=O)Oc1ccc(-c2ccccc2)cc1. The van der Waals surface area contributed by atoms with Gasteiger partial charge in [-0.3, -0.25) is 4.79 Å². The molecule has 104 valence electrons. The Labute approximate surface area is 120 Å². The maximum atomic E-state index is 11.7. The summed E-state index contributed by atoms with van der Waals surface area (Å²) in [4.78, 5) is 11.7. The zero-order chi connectivity index (χ0) is 14.4. The molecule has 0 saturated heterocycles. The summed E-state index contributed by atoms with van der Waals surface area (Å²) in [5.41, 5.74) is 2.28. The molecule has 0 aromatic heterocycles. The first-order valence-corrected chi connectivity index (χ1v) is 7.05. The molecule has 2 rings (SSSR count). The highest BCUT2D eigenvalue weighted by molar-refractivity contribution is 5.73. The number of rotatable bonds is 5. The molecule has 0 unspecified atom stereocenters. The van der Waals surface area contributed by atoms with Crippen LogP contribution in [-0.4, -0.2) is 5.97 Å². The van der Waals surface area contributed by atoms with E-state index in [2.05, 4.69) is 26.0 Å². The Kier molecular flexibility index (Phi) is 4.94. The fourth-order valence-corrected chi connectivity index (χ4v) is 1.95. The Balaban J connectivity index is 2.00. The molecule has 0 radical (unpaired) electrons. The van der Waals surface area contributed by atoms with Crippen LogP contribution in [0.1, 0.15) is 26.7 Å². The minimum atomic E-state index is -0.160. The molecule has 0 aliphatic heterocycles. The van der Waals surface area contributed by atoms with Crippen molar-refractivity contribution >= 4 is 5.97 Å². The van der Waals surface area contributed by atoms with Crippen LogP contribution in [0.3, 0.4) is 0 Å². The summed E-state index contributed by atoms with van der Waals surface area (Å²) in [6, 6.07) is 17.8. The van der Waals surface area contributed by atoms with E-state index in [0.717, 1.165) is 17.5 Å². The van der Waals surface area contributed by atoms with Crippen LogP contribution < -0.4 is 4.74 Å². The summed E-state index contributed by atoms with van der Waals surface area (Å²) in [5, 5.41) is 0. The fourth-order valence-electron chi connectivity index (χ4n) is 1.95. The molecule has 0 amide bonds. The summed E-state index contributed by atoms with van der Waals surface area (Å²) >= 11 is 0. The minimum Gasteiger partial charge on any atom is -0.427 e. The van der Waals surface area contributed by atoms with Gasteiger partial charge in [-0.15, -0.1) is 0 Å². The van der Waals surface area contributed by atoms with E-state index in [1.165, 1.54) is 0 Å².